The van der Waals surface area contributed by atoms with Gasteiger partial charge in [-0.1, -0.05) is 55.8 Å². The Morgan fingerprint density at radius 3 is 2.50 bits per heavy atom. The highest BCUT2D eigenvalue weighted by Gasteiger charge is 2.73. The third kappa shape index (κ3) is 5.17. The molecule has 1 aromatic carbocycles. The largest absolute Gasteiger partial charge is 0.396 e. The Bertz CT molecular complexity index is 1030. The molecule has 206 valence electrons. The average Bonchev–Trinajstić information content (AvgIpc) is 3.56. The van der Waals surface area contributed by atoms with Crippen LogP contribution in [0.25, 0.3) is 0 Å². The van der Waals surface area contributed by atoms with Gasteiger partial charge in [-0.3, -0.25) is 14.4 Å². The molecule has 3 saturated heterocycles. The lowest BCUT2D eigenvalue weighted by Crippen LogP contribution is -2.55. The van der Waals surface area contributed by atoms with Gasteiger partial charge < -0.3 is 19.8 Å². The lowest BCUT2D eigenvalue weighted by atomic mass is 9.70. The minimum atomic E-state index is -0.627. The van der Waals surface area contributed by atoms with Crippen molar-refractivity contribution in [1.29, 1.82) is 0 Å². The van der Waals surface area contributed by atoms with Crippen molar-refractivity contribution in [3.63, 3.8) is 0 Å². The fraction of sp³-hybridized carbons (Fsp3) is 0.567. The molecule has 1 aromatic rings. The van der Waals surface area contributed by atoms with Crippen LogP contribution >= 0.6 is 11.8 Å². The van der Waals surface area contributed by atoms with E-state index in [4.69, 9.17) is 0 Å². The van der Waals surface area contributed by atoms with E-state index >= 15 is 0 Å². The van der Waals surface area contributed by atoms with Gasteiger partial charge in [-0.15, -0.1) is 24.9 Å². The van der Waals surface area contributed by atoms with Crippen LogP contribution in [0, 0.1) is 11.8 Å². The number of amides is 3. The van der Waals surface area contributed by atoms with E-state index in [0.29, 0.717) is 39.1 Å². The zero-order valence-corrected chi connectivity index (χ0v) is 23.3. The number of aliphatic hydroxyl groups excluding tert-OH is 1. The second-order valence-corrected chi connectivity index (χ2v) is 12.2. The maximum atomic E-state index is 14.1. The van der Waals surface area contributed by atoms with Crippen molar-refractivity contribution in [3.8, 4) is 0 Å². The zero-order valence-electron chi connectivity index (χ0n) is 22.5. The molecule has 3 amide bonds. The fourth-order valence-corrected chi connectivity index (χ4v) is 8.77. The summed E-state index contributed by atoms with van der Waals surface area (Å²) in [4.78, 5) is 47.7. The zero-order chi connectivity index (χ0) is 27.3. The number of thioether (sulfide) groups is 1. The van der Waals surface area contributed by atoms with Crippen LogP contribution in [0.3, 0.4) is 0 Å². The molecule has 2 bridgehead atoms. The maximum Gasteiger partial charge on any atom is 0.247 e. The molecular formula is C30H41N3O4S. The Hall–Kier alpha value is -2.58. The highest BCUT2D eigenvalue weighted by molar-refractivity contribution is 8.02. The van der Waals surface area contributed by atoms with Crippen LogP contribution < -0.4 is 0 Å². The van der Waals surface area contributed by atoms with Crippen LogP contribution in [0.5, 0.6) is 0 Å². The number of carbonyl (C=O) groups excluding carboxylic acids is 3. The molecule has 0 aliphatic carbocycles. The van der Waals surface area contributed by atoms with E-state index in [2.05, 4.69) is 20.1 Å². The van der Waals surface area contributed by atoms with Crippen LogP contribution in [0.2, 0.25) is 0 Å². The maximum absolute atomic E-state index is 14.1. The summed E-state index contributed by atoms with van der Waals surface area (Å²) in [7, 11) is 0. The number of benzene rings is 1. The molecule has 1 N–H and O–H groups in total. The first kappa shape index (κ1) is 28.4. The molecule has 38 heavy (non-hydrogen) atoms. The molecular weight excluding hydrogens is 498 g/mol. The van der Waals surface area contributed by atoms with Crippen LogP contribution in [-0.2, 0) is 20.9 Å². The first-order valence-electron chi connectivity index (χ1n) is 13.9. The molecule has 8 heteroatoms. The lowest BCUT2D eigenvalue weighted by molar-refractivity contribution is -0.145. The summed E-state index contributed by atoms with van der Waals surface area (Å²) in [6.07, 6.45) is 7.25. The number of aliphatic hydroxyl groups is 1. The number of rotatable bonds is 14. The van der Waals surface area contributed by atoms with Gasteiger partial charge in [0.05, 0.1) is 16.6 Å². The van der Waals surface area contributed by atoms with Gasteiger partial charge in [-0.05, 0) is 31.2 Å². The minimum absolute atomic E-state index is 0.0123. The predicted molar refractivity (Wildman–Crippen MR) is 151 cm³/mol. The SMILES string of the molecule is C=CCN(CCCC)C(=O)C1N(CCCO)C(=O)[C@@H]2[C@@H](C(=O)N(CC=C)Cc3ccccc3)[C@H]3CCC12S3. The molecule has 2 unspecified atom stereocenters. The van der Waals surface area contributed by atoms with E-state index in [1.807, 2.05) is 35.2 Å². The van der Waals surface area contributed by atoms with E-state index in [1.54, 1.807) is 33.7 Å². The molecule has 3 aliphatic heterocycles. The van der Waals surface area contributed by atoms with E-state index in [0.717, 1.165) is 31.2 Å². The van der Waals surface area contributed by atoms with E-state index in [-0.39, 0.29) is 29.6 Å². The molecule has 4 rings (SSSR count). The Morgan fingerprint density at radius 2 is 1.84 bits per heavy atom. The molecule has 3 heterocycles. The van der Waals surface area contributed by atoms with Crippen molar-refractivity contribution >= 4 is 29.5 Å². The Kier molecular flexibility index (Phi) is 9.36. The number of unbranched alkanes of at least 4 members (excludes halogenated alkanes) is 1. The minimum Gasteiger partial charge on any atom is -0.396 e. The van der Waals surface area contributed by atoms with Gasteiger partial charge in [0, 0.05) is 44.6 Å². The Balaban J connectivity index is 1.67. The molecule has 0 radical (unpaired) electrons. The van der Waals surface area contributed by atoms with Gasteiger partial charge >= 0.3 is 0 Å². The van der Waals surface area contributed by atoms with Gasteiger partial charge in [-0.2, -0.15) is 0 Å². The second-order valence-electron chi connectivity index (χ2n) is 10.6. The molecule has 0 aromatic heterocycles. The summed E-state index contributed by atoms with van der Waals surface area (Å²) in [5, 5.41) is 9.58. The van der Waals surface area contributed by atoms with Crippen molar-refractivity contribution in [2.45, 2.75) is 61.6 Å². The van der Waals surface area contributed by atoms with Crippen LogP contribution in [0.15, 0.2) is 55.6 Å². The van der Waals surface area contributed by atoms with Crippen molar-refractivity contribution in [3.05, 3.63) is 61.2 Å². The standard InChI is InChI=1S/C30H41N3O4S/c1-4-7-18-31(16-5-2)29(37)26-30-15-14-23(38-30)24(25(30)28(36)33(26)19-11-20-34)27(35)32(17-6-3)21-22-12-9-8-10-13-22/h5-6,8-10,12-13,23-26,34H,2-4,7,11,14-21H2,1H3/t23-,24+,25+,26?,30?/m1/s1. The molecule has 7 nitrogen and oxygen atoms in total. The van der Waals surface area contributed by atoms with Crippen molar-refractivity contribution < 1.29 is 19.5 Å². The van der Waals surface area contributed by atoms with E-state index in [1.165, 1.54) is 0 Å². The Morgan fingerprint density at radius 1 is 1.13 bits per heavy atom. The van der Waals surface area contributed by atoms with E-state index in [9.17, 15) is 19.5 Å². The molecule has 5 atom stereocenters. The van der Waals surface area contributed by atoms with Gasteiger partial charge in [0.25, 0.3) is 0 Å². The monoisotopic (exact) mass is 539 g/mol. The van der Waals surface area contributed by atoms with Crippen molar-refractivity contribution in [2.75, 3.05) is 32.8 Å². The highest BCUT2D eigenvalue weighted by Crippen LogP contribution is 2.66. The summed E-state index contributed by atoms with van der Waals surface area (Å²) in [6, 6.07) is 9.23. The lowest BCUT2D eigenvalue weighted by Gasteiger charge is -2.37. The van der Waals surface area contributed by atoms with Crippen molar-refractivity contribution in [1.82, 2.24) is 14.7 Å². The molecule has 1 spiro atoms. The number of hydrogen-bond donors (Lipinski definition) is 1. The Labute approximate surface area is 230 Å². The fourth-order valence-electron chi connectivity index (χ4n) is 6.57. The first-order valence-corrected chi connectivity index (χ1v) is 14.7. The average molecular weight is 540 g/mol. The second kappa shape index (κ2) is 12.5. The summed E-state index contributed by atoms with van der Waals surface area (Å²) >= 11 is 1.69. The summed E-state index contributed by atoms with van der Waals surface area (Å²) in [5.74, 6) is -1.21. The third-order valence-corrected chi connectivity index (χ3v) is 10.1. The van der Waals surface area contributed by atoms with Gasteiger partial charge in [-0.25, -0.2) is 0 Å². The van der Waals surface area contributed by atoms with E-state index < -0.39 is 22.6 Å². The predicted octanol–water partition coefficient (Wildman–Crippen LogP) is 3.49. The highest BCUT2D eigenvalue weighted by atomic mass is 32.2. The third-order valence-electron chi connectivity index (χ3n) is 8.20. The number of hydrogen-bond acceptors (Lipinski definition) is 5. The molecule has 3 fully saturated rings. The van der Waals surface area contributed by atoms with Gasteiger partial charge in [0.15, 0.2) is 0 Å². The quantitative estimate of drug-likeness (QED) is 0.366. The number of carbonyl (C=O) groups is 3. The number of fused-ring (bicyclic) bond motifs is 1. The number of nitrogens with zero attached hydrogens (tertiary/aromatic N) is 3. The smallest absolute Gasteiger partial charge is 0.247 e. The summed E-state index contributed by atoms with van der Waals surface area (Å²) in [6.45, 7) is 12.0. The van der Waals surface area contributed by atoms with Gasteiger partial charge in [0.1, 0.15) is 6.04 Å². The molecule has 3 aliphatic rings. The summed E-state index contributed by atoms with van der Waals surface area (Å²) < 4.78 is -0.618. The molecule has 0 saturated carbocycles. The summed E-state index contributed by atoms with van der Waals surface area (Å²) in [5.41, 5.74) is 1.03. The van der Waals surface area contributed by atoms with Crippen molar-refractivity contribution in [2.24, 2.45) is 11.8 Å². The van der Waals surface area contributed by atoms with Crippen LogP contribution in [0.1, 0.15) is 44.6 Å². The van der Waals surface area contributed by atoms with Gasteiger partial charge in [0.2, 0.25) is 17.7 Å². The van der Waals surface area contributed by atoms with Crippen LogP contribution in [-0.4, -0.2) is 86.4 Å². The number of likely N-dealkylation sites (tertiary alicyclic amines) is 1. The normalized spacial score (nSPS) is 27.3. The first-order chi connectivity index (χ1) is 18.4. The topological polar surface area (TPSA) is 81.2 Å². The van der Waals surface area contributed by atoms with Crippen LogP contribution in [0.4, 0.5) is 0 Å².